The van der Waals surface area contributed by atoms with Crippen molar-refractivity contribution in [1.82, 2.24) is 15.0 Å². The van der Waals surface area contributed by atoms with Gasteiger partial charge in [-0.15, -0.1) is 0 Å². The first-order valence-corrected chi connectivity index (χ1v) is 6.35. The minimum atomic E-state index is -0.606. The molecule has 0 fully saturated rings. The topological polar surface area (TPSA) is 112 Å². The summed E-state index contributed by atoms with van der Waals surface area (Å²) in [4.78, 5) is 34.5. The molecule has 0 aliphatic rings. The van der Waals surface area contributed by atoms with Gasteiger partial charge in [-0.3, -0.25) is 9.59 Å². The average molecular weight is 291 g/mol. The minimum absolute atomic E-state index is 0.118. The third-order valence-electron chi connectivity index (χ3n) is 2.93. The van der Waals surface area contributed by atoms with E-state index >= 15 is 0 Å². The molecule has 2 aromatic heterocycles. The van der Waals surface area contributed by atoms with Crippen molar-refractivity contribution in [1.29, 1.82) is 5.26 Å². The molecule has 22 heavy (non-hydrogen) atoms. The van der Waals surface area contributed by atoms with E-state index in [0.717, 1.165) is 0 Å². The molecule has 2 N–H and O–H groups in total. The Morgan fingerprint density at radius 3 is 2.77 bits per heavy atom. The number of aromatic nitrogens is 3. The fourth-order valence-electron chi connectivity index (χ4n) is 1.94. The van der Waals surface area contributed by atoms with Crippen LogP contribution in [0.25, 0.3) is 10.9 Å². The Balaban J connectivity index is 1.95. The Morgan fingerprint density at radius 1 is 1.14 bits per heavy atom. The van der Waals surface area contributed by atoms with E-state index in [9.17, 15) is 9.59 Å². The van der Waals surface area contributed by atoms with Crippen molar-refractivity contribution in [2.24, 2.45) is 0 Å². The molecule has 0 unspecified atom stereocenters. The SMILES string of the molecule is N#Cc1cccc(NC(=O)c2nc3ccccc3c(=O)[nH]2)n1. The first-order chi connectivity index (χ1) is 10.7. The number of nitrogens with one attached hydrogen (secondary N) is 2. The Bertz CT molecular complexity index is 971. The lowest BCUT2D eigenvalue weighted by atomic mass is 10.2. The van der Waals surface area contributed by atoms with Crippen LogP contribution in [-0.2, 0) is 0 Å². The number of aromatic amines is 1. The van der Waals surface area contributed by atoms with Gasteiger partial charge in [0.1, 0.15) is 17.6 Å². The van der Waals surface area contributed by atoms with Gasteiger partial charge in [0, 0.05) is 0 Å². The van der Waals surface area contributed by atoms with Crippen LogP contribution >= 0.6 is 0 Å². The number of hydrogen-bond acceptors (Lipinski definition) is 5. The van der Waals surface area contributed by atoms with Gasteiger partial charge in [-0.2, -0.15) is 5.26 Å². The molecule has 0 saturated heterocycles. The number of nitrogens with zero attached hydrogens (tertiary/aromatic N) is 3. The number of rotatable bonds is 2. The molecule has 0 bridgehead atoms. The van der Waals surface area contributed by atoms with Gasteiger partial charge < -0.3 is 10.3 Å². The predicted octanol–water partition coefficient (Wildman–Crippen LogP) is 1.44. The van der Waals surface area contributed by atoms with Gasteiger partial charge in [-0.1, -0.05) is 18.2 Å². The maximum atomic E-state index is 12.1. The highest BCUT2D eigenvalue weighted by atomic mass is 16.2. The molecule has 106 valence electrons. The number of H-pyrrole nitrogens is 1. The van der Waals surface area contributed by atoms with Crippen LogP contribution in [0.5, 0.6) is 0 Å². The summed E-state index contributed by atoms with van der Waals surface area (Å²) in [6.45, 7) is 0. The van der Waals surface area contributed by atoms with Crippen molar-refractivity contribution in [2.75, 3.05) is 5.32 Å². The van der Waals surface area contributed by atoms with Gasteiger partial charge in [-0.05, 0) is 24.3 Å². The van der Waals surface area contributed by atoms with E-state index < -0.39 is 11.5 Å². The number of carbonyl (C=O) groups excluding carboxylic acids is 1. The molecule has 1 amide bonds. The number of para-hydroxylation sites is 1. The molecule has 0 radical (unpaired) electrons. The van der Waals surface area contributed by atoms with Crippen LogP contribution in [0.3, 0.4) is 0 Å². The smallest absolute Gasteiger partial charge is 0.292 e. The number of fused-ring (bicyclic) bond motifs is 1. The summed E-state index contributed by atoms with van der Waals surface area (Å²) < 4.78 is 0. The number of benzene rings is 1. The molecular weight excluding hydrogens is 282 g/mol. The zero-order chi connectivity index (χ0) is 15.5. The van der Waals surface area contributed by atoms with Crippen molar-refractivity contribution in [3.8, 4) is 6.07 Å². The minimum Gasteiger partial charge on any atom is -0.304 e. The quantitative estimate of drug-likeness (QED) is 0.742. The highest BCUT2D eigenvalue weighted by molar-refractivity contribution is 6.01. The summed E-state index contributed by atoms with van der Waals surface area (Å²) in [5.41, 5.74) is 0.211. The molecule has 3 rings (SSSR count). The molecule has 1 aromatic carbocycles. The molecule has 7 nitrogen and oxygen atoms in total. The van der Waals surface area contributed by atoms with Crippen LogP contribution in [-0.4, -0.2) is 20.9 Å². The molecule has 0 atom stereocenters. The fraction of sp³-hybridized carbons (Fsp3) is 0. The molecule has 0 spiro atoms. The number of pyridine rings is 1. The second kappa shape index (κ2) is 5.46. The number of nitriles is 1. The van der Waals surface area contributed by atoms with Crippen LogP contribution in [0, 0.1) is 11.3 Å². The highest BCUT2D eigenvalue weighted by Gasteiger charge is 2.12. The van der Waals surface area contributed by atoms with Crippen molar-refractivity contribution in [3.63, 3.8) is 0 Å². The maximum Gasteiger partial charge on any atom is 0.292 e. The van der Waals surface area contributed by atoms with Crippen LogP contribution < -0.4 is 10.9 Å². The Kier molecular flexibility index (Phi) is 3.34. The number of anilines is 1. The molecule has 3 aromatic rings. The van der Waals surface area contributed by atoms with Crippen LogP contribution in [0.2, 0.25) is 0 Å². The average Bonchev–Trinajstić information content (AvgIpc) is 2.55. The van der Waals surface area contributed by atoms with Crippen molar-refractivity contribution >= 4 is 22.6 Å². The molecule has 2 heterocycles. The van der Waals surface area contributed by atoms with Gasteiger partial charge in [-0.25, -0.2) is 9.97 Å². The first kappa shape index (κ1) is 13.5. The second-order valence-corrected chi connectivity index (χ2v) is 4.41. The Morgan fingerprint density at radius 2 is 1.95 bits per heavy atom. The number of hydrogen-bond donors (Lipinski definition) is 2. The third kappa shape index (κ3) is 2.53. The zero-order valence-electron chi connectivity index (χ0n) is 11.2. The lowest BCUT2D eigenvalue weighted by molar-refractivity contribution is 0.101. The summed E-state index contributed by atoms with van der Waals surface area (Å²) in [6, 6.07) is 13.3. The monoisotopic (exact) mass is 291 g/mol. The summed E-state index contributed by atoms with van der Waals surface area (Å²) in [7, 11) is 0. The molecule has 0 saturated carbocycles. The largest absolute Gasteiger partial charge is 0.304 e. The summed E-state index contributed by atoms with van der Waals surface area (Å²) >= 11 is 0. The molecule has 7 heteroatoms. The van der Waals surface area contributed by atoms with E-state index in [1.807, 2.05) is 6.07 Å². The van der Waals surface area contributed by atoms with Crippen molar-refractivity contribution < 1.29 is 4.79 Å². The van der Waals surface area contributed by atoms with E-state index in [0.29, 0.717) is 10.9 Å². The van der Waals surface area contributed by atoms with Crippen molar-refractivity contribution in [3.05, 3.63) is 64.3 Å². The lowest BCUT2D eigenvalue weighted by Crippen LogP contribution is -2.21. The molecule has 0 aliphatic carbocycles. The van der Waals surface area contributed by atoms with Gasteiger partial charge in [0.15, 0.2) is 5.82 Å². The summed E-state index contributed by atoms with van der Waals surface area (Å²) in [5, 5.41) is 11.7. The van der Waals surface area contributed by atoms with Gasteiger partial charge in [0.25, 0.3) is 11.5 Å². The van der Waals surface area contributed by atoms with Crippen LogP contribution in [0.15, 0.2) is 47.3 Å². The standard InChI is InChI=1S/C15H9N5O2/c16-8-9-4-3-7-12(17-9)19-15(22)13-18-11-6-2-1-5-10(11)14(21)20-13/h1-7H,(H,17,19,22)(H,18,20,21). The zero-order valence-corrected chi connectivity index (χ0v) is 11.2. The predicted molar refractivity (Wildman–Crippen MR) is 79.3 cm³/mol. The van der Waals surface area contributed by atoms with Gasteiger partial charge in [0.05, 0.1) is 10.9 Å². The fourth-order valence-corrected chi connectivity index (χ4v) is 1.94. The number of carbonyl (C=O) groups is 1. The Labute approximate surface area is 124 Å². The van der Waals surface area contributed by atoms with Crippen LogP contribution in [0.4, 0.5) is 5.82 Å². The summed E-state index contributed by atoms with van der Waals surface area (Å²) in [6.07, 6.45) is 0. The first-order valence-electron chi connectivity index (χ1n) is 6.35. The van der Waals surface area contributed by atoms with E-state index in [-0.39, 0.29) is 17.3 Å². The van der Waals surface area contributed by atoms with Crippen LogP contribution in [0.1, 0.15) is 16.3 Å². The number of amides is 1. The normalized spacial score (nSPS) is 10.1. The maximum absolute atomic E-state index is 12.1. The van der Waals surface area contributed by atoms with Gasteiger partial charge in [0.2, 0.25) is 0 Å². The second-order valence-electron chi connectivity index (χ2n) is 4.41. The summed E-state index contributed by atoms with van der Waals surface area (Å²) in [5.74, 6) is -0.516. The van der Waals surface area contributed by atoms with Crippen molar-refractivity contribution in [2.45, 2.75) is 0 Å². The Hall–Kier alpha value is -3.53. The lowest BCUT2D eigenvalue weighted by Gasteiger charge is -2.04. The van der Waals surface area contributed by atoms with E-state index in [1.54, 1.807) is 30.3 Å². The van der Waals surface area contributed by atoms with E-state index in [1.165, 1.54) is 12.1 Å². The third-order valence-corrected chi connectivity index (χ3v) is 2.93. The molecular formula is C15H9N5O2. The van der Waals surface area contributed by atoms with E-state index in [4.69, 9.17) is 5.26 Å². The van der Waals surface area contributed by atoms with E-state index in [2.05, 4.69) is 20.3 Å². The molecule has 0 aliphatic heterocycles. The highest BCUT2D eigenvalue weighted by Crippen LogP contribution is 2.08. The van der Waals surface area contributed by atoms with Gasteiger partial charge >= 0.3 is 0 Å².